The van der Waals surface area contributed by atoms with Crippen molar-refractivity contribution in [2.45, 2.75) is 72.9 Å². The molecular formula is C20H12BF23N2O6. The average Bonchev–Trinajstić information content (AvgIpc) is 2.92. The number of nitrogens with two attached hydrogens (primary N) is 1. The van der Waals surface area contributed by atoms with Crippen LogP contribution in [0.1, 0.15) is 12.0 Å². The molecule has 0 bridgehead atoms. The lowest BCUT2D eigenvalue weighted by Crippen LogP contribution is -2.70. The number of hydrogen-bond acceptors (Lipinski definition) is 7. The monoisotopic (exact) mass is 824 g/mol. The Kier molecular flexibility index (Phi) is 12.9. The zero-order valence-electron chi connectivity index (χ0n) is 23.6. The van der Waals surface area contributed by atoms with Gasteiger partial charge in [0, 0.05) is 18.5 Å². The van der Waals surface area contributed by atoms with E-state index in [0.717, 1.165) is 4.74 Å². The molecule has 0 fully saturated rings. The van der Waals surface area contributed by atoms with Gasteiger partial charge in [0.2, 0.25) is 5.91 Å². The Morgan fingerprint density at radius 2 is 1.02 bits per heavy atom. The Bertz CT molecular complexity index is 1400. The van der Waals surface area contributed by atoms with E-state index in [9.17, 15) is 106 Å². The molecule has 0 aliphatic rings. The van der Waals surface area contributed by atoms with Gasteiger partial charge in [0.15, 0.2) is 0 Å². The normalized spacial score (nSPS) is 17.9. The van der Waals surface area contributed by atoms with Crippen LogP contribution in [0.5, 0.6) is 0 Å². The second kappa shape index (κ2) is 14.3. The predicted molar refractivity (Wildman–Crippen MR) is 115 cm³/mol. The van der Waals surface area contributed by atoms with Gasteiger partial charge in [-0.2, -0.15) is 101 Å². The van der Waals surface area contributed by atoms with E-state index in [2.05, 4.69) is 9.49 Å². The van der Waals surface area contributed by atoms with Gasteiger partial charge in [0.05, 0.1) is 0 Å². The molecule has 4 N–H and O–H groups in total. The van der Waals surface area contributed by atoms with E-state index in [1.165, 1.54) is 10.2 Å². The minimum atomic E-state index is -8.78. The molecule has 1 aromatic rings. The standard InChI is InChI=1S/C20H12BF23N2O6/c22-10(14(27,28)29,7-3-1-2-4-8(7)21(48)52-46-9(47)5-6-45)49-19(41,42)12(25,16(33,34)35)51-20(43,44)13(26,17(36,37)38)50-18(39,40)11(23,24)15(30,31)32/h1-4,48H,5-6,45H2,(H,46,47). The van der Waals surface area contributed by atoms with Crippen LogP contribution in [0.2, 0.25) is 0 Å². The maximum Gasteiger partial charge on any atom is 0.514 e. The van der Waals surface area contributed by atoms with Crippen molar-refractivity contribution < 1.29 is 130 Å². The lowest BCUT2D eigenvalue weighted by atomic mass is 9.75. The first kappa shape index (κ1) is 46.9. The zero-order valence-corrected chi connectivity index (χ0v) is 23.6. The molecule has 52 heavy (non-hydrogen) atoms. The lowest BCUT2D eigenvalue weighted by Gasteiger charge is -2.43. The van der Waals surface area contributed by atoms with E-state index in [1.807, 2.05) is 0 Å². The van der Waals surface area contributed by atoms with Crippen LogP contribution in [0.25, 0.3) is 0 Å². The number of carbonyl (C=O) groups is 1. The number of rotatable bonds is 15. The highest BCUT2D eigenvalue weighted by Crippen LogP contribution is 2.60. The third-order valence-corrected chi connectivity index (χ3v) is 5.60. The minimum absolute atomic E-state index is 0.0111. The quantitative estimate of drug-likeness (QED) is 0.114. The van der Waals surface area contributed by atoms with Crippen LogP contribution in [0.15, 0.2) is 24.3 Å². The number of carbonyl (C=O) groups excluding carboxylic acids is 1. The molecule has 302 valence electrons. The molecule has 0 radical (unpaired) electrons. The van der Waals surface area contributed by atoms with Gasteiger partial charge in [-0.25, -0.2) is 5.48 Å². The molecule has 0 spiro atoms. The summed E-state index contributed by atoms with van der Waals surface area (Å²) in [5.41, 5.74) is 1.40. The average molecular weight is 824 g/mol. The van der Waals surface area contributed by atoms with Crippen molar-refractivity contribution in [3.8, 4) is 0 Å². The van der Waals surface area contributed by atoms with Gasteiger partial charge in [-0.15, -0.1) is 0 Å². The molecule has 0 aliphatic heterocycles. The summed E-state index contributed by atoms with van der Waals surface area (Å²) in [6.45, 7) is -0.501. The van der Waals surface area contributed by atoms with Crippen molar-refractivity contribution in [2.24, 2.45) is 5.73 Å². The summed E-state index contributed by atoms with van der Waals surface area (Å²) in [7, 11) is -3.25. The molecule has 8 nitrogen and oxygen atoms in total. The van der Waals surface area contributed by atoms with Gasteiger partial charge in [0.1, 0.15) is 0 Å². The smallest absolute Gasteiger partial charge is 0.422 e. The Balaban J connectivity index is 3.97. The van der Waals surface area contributed by atoms with E-state index in [0.29, 0.717) is 6.07 Å². The van der Waals surface area contributed by atoms with Gasteiger partial charge in [0.25, 0.3) is 0 Å². The maximum atomic E-state index is 15.5. The van der Waals surface area contributed by atoms with Crippen molar-refractivity contribution in [3.63, 3.8) is 0 Å². The summed E-state index contributed by atoms with van der Waals surface area (Å²) in [5.74, 6) is -33.8. The molecule has 1 aromatic carbocycles. The summed E-state index contributed by atoms with van der Waals surface area (Å²) in [6, 6.07) is 0.0507. The first-order valence-corrected chi connectivity index (χ1v) is 12.1. The summed E-state index contributed by atoms with van der Waals surface area (Å²) >= 11 is 0. The van der Waals surface area contributed by atoms with Crippen LogP contribution in [0.3, 0.4) is 0 Å². The van der Waals surface area contributed by atoms with Crippen molar-refractivity contribution in [3.05, 3.63) is 29.8 Å². The molecule has 32 heteroatoms. The molecule has 0 saturated heterocycles. The number of nitrogens with one attached hydrogen (secondary N) is 1. The molecule has 1 rings (SSSR count). The molecule has 0 aliphatic carbocycles. The highest BCUT2D eigenvalue weighted by molar-refractivity contribution is 6.60. The van der Waals surface area contributed by atoms with Crippen LogP contribution in [0.4, 0.5) is 101 Å². The highest BCUT2D eigenvalue weighted by Gasteiger charge is 2.88. The molecule has 1 amide bonds. The predicted octanol–water partition coefficient (Wildman–Crippen LogP) is 5.94. The number of ether oxygens (including phenoxy) is 3. The van der Waals surface area contributed by atoms with E-state index in [1.54, 1.807) is 0 Å². The van der Waals surface area contributed by atoms with Crippen LogP contribution in [-0.4, -0.2) is 85.3 Å². The number of amides is 1. The third-order valence-electron chi connectivity index (χ3n) is 5.60. The van der Waals surface area contributed by atoms with Crippen molar-refractivity contribution in [1.82, 2.24) is 5.48 Å². The van der Waals surface area contributed by atoms with Gasteiger partial charge in [-0.05, 0) is 5.46 Å². The fraction of sp³-hybridized carbons (Fsp3) is 0.650. The first-order valence-electron chi connectivity index (χ1n) is 12.1. The number of alkyl halides is 23. The van der Waals surface area contributed by atoms with E-state index >= 15 is 4.39 Å². The SMILES string of the molecule is NCCC(=O)NOB(O)c1ccccc1C(F)(OC(F)(F)C(F)(OC(F)(F)C(F)(OC(F)(F)C(F)(F)C(F)(F)F)C(F)(F)F)C(F)(F)F)C(F)(F)F. The zero-order chi connectivity index (χ0) is 41.6. The largest absolute Gasteiger partial charge is 0.514 e. The van der Waals surface area contributed by atoms with Crippen molar-refractivity contribution in [2.75, 3.05) is 6.54 Å². The van der Waals surface area contributed by atoms with Crippen LogP contribution >= 0.6 is 0 Å². The van der Waals surface area contributed by atoms with E-state index in [-0.39, 0.29) is 12.1 Å². The molecule has 0 heterocycles. The lowest BCUT2D eigenvalue weighted by molar-refractivity contribution is -0.580. The summed E-state index contributed by atoms with van der Waals surface area (Å²) in [4.78, 5) is 11.4. The van der Waals surface area contributed by atoms with Gasteiger partial charge >= 0.3 is 73.6 Å². The Labute approximate surface area is 269 Å². The van der Waals surface area contributed by atoms with Crippen LogP contribution in [-0.2, 0) is 29.6 Å². The number of halogens is 23. The second-order valence-corrected chi connectivity index (χ2v) is 9.33. The van der Waals surface area contributed by atoms with E-state index < -0.39 is 110 Å². The molecule has 3 unspecified atom stereocenters. The molecular weight excluding hydrogens is 812 g/mol. The summed E-state index contributed by atoms with van der Waals surface area (Å²) < 4.78 is 322. The van der Waals surface area contributed by atoms with Crippen LogP contribution < -0.4 is 16.7 Å². The topological polar surface area (TPSA) is 112 Å². The second-order valence-electron chi connectivity index (χ2n) is 9.33. The molecule has 0 saturated carbocycles. The Hall–Kier alpha value is -3.10. The highest BCUT2D eigenvalue weighted by atomic mass is 19.4. The van der Waals surface area contributed by atoms with Crippen molar-refractivity contribution >= 4 is 18.5 Å². The first-order chi connectivity index (χ1) is 22.7. The molecule has 3 atom stereocenters. The minimum Gasteiger partial charge on any atom is -0.422 e. The number of benzene rings is 1. The molecule has 0 aromatic heterocycles. The fourth-order valence-electron chi connectivity index (χ4n) is 3.09. The number of hydroxylamine groups is 1. The summed E-state index contributed by atoms with van der Waals surface area (Å²) in [5, 5.41) is 9.88. The fourth-order valence-corrected chi connectivity index (χ4v) is 3.09. The Morgan fingerprint density at radius 1 is 0.615 bits per heavy atom. The van der Waals surface area contributed by atoms with E-state index in [4.69, 9.17) is 5.73 Å². The van der Waals surface area contributed by atoms with Gasteiger partial charge in [-0.1, -0.05) is 24.3 Å². The summed E-state index contributed by atoms with van der Waals surface area (Å²) in [6.07, 6.45) is -58.4. The Morgan fingerprint density at radius 3 is 1.40 bits per heavy atom. The number of hydrogen-bond donors (Lipinski definition) is 3. The van der Waals surface area contributed by atoms with Gasteiger partial charge < -0.3 is 10.8 Å². The van der Waals surface area contributed by atoms with Gasteiger partial charge in [-0.3, -0.25) is 23.8 Å². The third kappa shape index (κ3) is 8.65. The maximum absolute atomic E-state index is 15.5. The van der Waals surface area contributed by atoms with Crippen molar-refractivity contribution in [1.29, 1.82) is 0 Å². The van der Waals surface area contributed by atoms with Crippen LogP contribution in [0, 0.1) is 0 Å².